The molecule has 4 aromatic rings. The molecule has 4 aromatic heterocycles. The summed E-state index contributed by atoms with van der Waals surface area (Å²) in [5, 5.41) is 8.76. The number of ether oxygens (including phenoxy) is 1. The molecule has 0 radical (unpaired) electrons. The summed E-state index contributed by atoms with van der Waals surface area (Å²) in [6, 6.07) is 5.89. The van der Waals surface area contributed by atoms with Crippen molar-refractivity contribution >= 4 is 22.9 Å². The first-order chi connectivity index (χ1) is 14.1. The van der Waals surface area contributed by atoms with Gasteiger partial charge in [0.15, 0.2) is 5.82 Å². The smallest absolute Gasteiger partial charge is 0.222 e. The van der Waals surface area contributed by atoms with Crippen molar-refractivity contribution in [3.8, 4) is 17.1 Å². The van der Waals surface area contributed by atoms with Gasteiger partial charge in [0.25, 0.3) is 0 Å². The highest BCUT2D eigenvalue weighted by Gasteiger charge is 2.16. The van der Waals surface area contributed by atoms with Crippen LogP contribution < -0.4 is 4.74 Å². The van der Waals surface area contributed by atoms with Gasteiger partial charge in [0, 0.05) is 19.3 Å². The van der Waals surface area contributed by atoms with Crippen LogP contribution in [0.2, 0.25) is 0 Å². The van der Waals surface area contributed by atoms with E-state index in [9.17, 15) is 0 Å². The van der Waals surface area contributed by atoms with E-state index in [-0.39, 0.29) is 6.04 Å². The normalized spacial score (nSPS) is 11.8. The first-order valence-electron chi connectivity index (χ1n) is 9.43. The van der Waals surface area contributed by atoms with Gasteiger partial charge < -0.3 is 4.74 Å². The summed E-state index contributed by atoms with van der Waals surface area (Å²) in [6.07, 6.45) is 6.74. The lowest BCUT2D eigenvalue weighted by Gasteiger charge is -2.11. The van der Waals surface area contributed by atoms with E-state index < -0.39 is 0 Å². The zero-order valence-corrected chi connectivity index (χ0v) is 16.8. The van der Waals surface area contributed by atoms with Crippen molar-refractivity contribution in [2.24, 2.45) is 12.0 Å². The Kier molecular flexibility index (Phi) is 5.03. The van der Waals surface area contributed by atoms with Crippen LogP contribution in [-0.4, -0.2) is 47.3 Å². The Labute approximate surface area is 168 Å². The Balaban J connectivity index is 1.89. The van der Waals surface area contributed by atoms with Gasteiger partial charge in [-0.05, 0) is 39.0 Å². The molecule has 0 unspecified atom stereocenters. The summed E-state index contributed by atoms with van der Waals surface area (Å²) >= 11 is 0. The Bertz CT molecular complexity index is 1170. The standard InChI is InChI=1S/C20H22N8O/c1-5-29-20-14(7-6-8-21-20)15-9-16(22-11-18-23-12-27(4)26-18)19-17(25-15)10-24-28(19)13(2)3/h6-13H,5H2,1-4H3. The molecule has 9 heteroatoms. The van der Waals surface area contributed by atoms with E-state index in [1.165, 1.54) is 0 Å². The highest BCUT2D eigenvalue weighted by Crippen LogP contribution is 2.34. The lowest BCUT2D eigenvalue weighted by Crippen LogP contribution is -2.03. The van der Waals surface area contributed by atoms with E-state index in [1.54, 1.807) is 29.6 Å². The van der Waals surface area contributed by atoms with Gasteiger partial charge in [-0.1, -0.05) is 0 Å². The quantitative estimate of drug-likeness (QED) is 0.469. The molecule has 0 N–H and O–H groups in total. The fourth-order valence-electron chi connectivity index (χ4n) is 3.05. The van der Waals surface area contributed by atoms with Crippen LogP contribution in [0.4, 0.5) is 5.69 Å². The third-order valence-electron chi connectivity index (χ3n) is 4.29. The largest absolute Gasteiger partial charge is 0.477 e. The van der Waals surface area contributed by atoms with Crippen molar-refractivity contribution in [3.05, 3.63) is 42.7 Å². The minimum atomic E-state index is 0.166. The molecule has 0 spiro atoms. The molecule has 4 heterocycles. The lowest BCUT2D eigenvalue weighted by molar-refractivity contribution is 0.328. The third kappa shape index (κ3) is 3.71. The van der Waals surface area contributed by atoms with Crippen LogP contribution in [0.1, 0.15) is 32.6 Å². The molecule has 0 bridgehead atoms. The summed E-state index contributed by atoms with van der Waals surface area (Å²) in [6.45, 7) is 6.59. The van der Waals surface area contributed by atoms with E-state index >= 15 is 0 Å². The fraction of sp³-hybridized carbons (Fsp3) is 0.300. The monoisotopic (exact) mass is 390 g/mol. The SMILES string of the molecule is CCOc1ncccc1-c1cc(N=Cc2ncn(C)n2)c2c(cnn2C(C)C)n1. The first kappa shape index (κ1) is 18.7. The number of hydrogen-bond donors (Lipinski definition) is 0. The minimum Gasteiger partial charge on any atom is -0.477 e. The molecule has 0 atom stereocenters. The van der Waals surface area contributed by atoms with E-state index in [1.807, 2.05) is 36.9 Å². The molecule has 0 aliphatic heterocycles. The fourth-order valence-corrected chi connectivity index (χ4v) is 3.05. The van der Waals surface area contributed by atoms with Crippen molar-refractivity contribution in [2.75, 3.05) is 6.61 Å². The van der Waals surface area contributed by atoms with E-state index in [0.29, 0.717) is 18.3 Å². The molecule has 0 aliphatic carbocycles. The lowest BCUT2D eigenvalue weighted by atomic mass is 10.1. The third-order valence-corrected chi connectivity index (χ3v) is 4.29. The zero-order chi connectivity index (χ0) is 20.4. The number of nitrogens with zero attached hydrogens (tertiary/aromatic N) is 8. The van der Waals surface area contributed by atoms with Gasteiger partial charge in [-0.15, -0.1) is 0 Å². The summed E-state index contributed by atoms with van der Waals surface area (Å²) in [4.78, 5) is 18.0. The van der Waals surface area contributed by atoms with Crippen LogP contribution in [0, 0.1) is 0 Å². The van der Waals surface area contributed by atoms with Gasteiger partial charge in [-0.25, -0.2) is 15.0 Å². The second-order valence-electron chi connectivity index (χ2n) is 6.77. The van der Waals surface area contributed by atoms with E-state index in [2.05, 4.69) is 39.0 Å². The van der Waals surface area contributed by atoms with Crippen LogP contribution in [0.3, 0.4) is 0 Å². The number of aryl methyl sites for hydroxylation is 1. The minimum absolute atomic E-state index is 0.166. The van der Waals surface area contributed by atoms with Crippen LogP contribution in [0.15, 0.2) is 41.9 Å². The average molecular weight is 390 g/mol. The molecule has 9 nitrogen and oxygen atoms in total. The predicted molar refractivity (Wildman–Crippen MR) is 111 cm³/mol. The molecule has 0 fully saturated rings. The Hall–Kier alpha value is -3.62. The molecular formula is C20H22N8O. The van der Waals surface area contributed by atoms with Gasteiger partial charge >= 0.3 is 0 Å². The highest BCUT2D eigenvalue weighted by molar-refractivity contribution is 5.92. The molecule has 0 aromatic carbocycles. The van der Waals surface area contributed by atoms with Gasteiger partial charge in [0.1, 0.15) is 17.4 Å². The maximum Gasteiger partial charge on any atom is 0.222 e. The average Bonchev–Trinajstić information content (AvgIpc) is 3.33. The summed E-state index contributed by atoms with van der Waals surface area (Å²) < 4.78 is 9.24. The van der Waals surface area contributed by atoms with Gasteiger partial charge in [-0.3, -0.25) is 14.4 Å². The van der Waals surface area contributed by atoms with Crippen LogP contribution in [0.25, 0.3) is 22.3 Å². The molecule has 0 aliphatic rings. The van der Waals surface area contributed by atoms with Gasteiger partial charge in [0.2, 0.25) is 5.88 Å². The molecule has 29 heavy (non-hydrogen) atoms. The van der Waals surface area contributed by atoms with Crippen LogP contribution >= 0.6 is 0 Å². The Morgan fingerprint density at radius 1 is 1.28 bits per heavy atom. The van der Waals surface area contributed by atoms with Crippen molar-refractivity contribution in [1.29, 1.82) is 0 Å². The van der Waals surface area contributed by atoms with Crippen LogP contribution in [-0.2, 0) is 7.05 Å². The second kappa shape index (κ2) is 7.78. The summed E-state index contributed by atoms with van der Waals surface area (Å²) in [7, 11) is 1.82. The summed E-state index contributed by atoms with van der Waals surface area (Å²) in [5.41, 5.74) is 3.87. The number of rotatable bonds is 6. The molecular weight excluding hydrogens is 368 g/mol. The molecule has 0 amide bonds. The van der Waals surface area contributed by atoms with Gasteiger partial charge in [-0.2, -0.15) is 10.2 Å². The van der Waals surface area contributed by atoms with Crippen molar-refractivity contribution in [1.82, 2.24) is 34.5 Å². The van der Waals surface area contributed by atoms with E-state index in [0.717, 1.165) is 28.0 Å². The first-order valence-corrected chi connectivity index (χ1v) is 9.43. The maximum atomic E-state index is 5.69. The topological polar surface area (TPSA) is 95.9 Å². The van der Waals surface area contributed by atoms with Crippen molar-refractivity contribution in [2.45, 2.75) is 26.8 Å². The molecule has 4 rings (SSSR count). The number of aliphatic imine (C=N–C) groups is 1. The molecule has 0 saturated heterocycles. The Morgan fingerprint density at radius 2 is 2.14 bits per heavy atom. The number of hydrogen-bond acceptors (Lipinski definition) is 7. The van der Waals surface area contributed by atoms with Crippen molar-refractivity contribution < 1.29 is 4.74 Å². The van der Waals surface area contributed by atoms with Crippen molar-refractivity contribution in [3.63, 3.8) is 0 Å². The Morgan fingerprint density at radius 3 is 2.86 bits per heavy atom. The predicted octanol–water partition coefficient (Wildman–Crippen LogP) is 3.35. The highest BCUT2D eigenvalue weighted by atomic mass is 16.5. The second-order valence-corrected chi connectivity index (χ2v) is 6.77. The van der Waals surface area contributed by atoms with Crippen LogP contribution in [0.5, 0.6) is 5.88 Å². The number of fused-ring (bicyclic) bond motifs is 1. The zero-order valence-electron chi connectivity index (χ0n) is 16.8. The van der Waals surface area contributed by atoms with Gasteiger partial charge in [0.05, 0.1) is 36.0 Å². The van der Waals surface area contributed by atoms with E-state index in [4.69, 9.17) is 9.72 Å². The molecule has 148 valence electrons. The summed E-state index contributed by atoms with van der Waals surface area (Å²) in [5.74, 6) is 1.07. The maximum absolute atomic E-state index is 5.69. The number of pyridine rings is 2. The number of aromatic nitrogens is 7. The molecule has 0 saturated carbocycles.